The number of anilines is 1. The Hall–Kier alpha value is -1.80. The molecule has 0 bridgehead atoms. The van der Waals surface area contributed by atoms with Crippen LogP contribution in [0.15, 0.2) is 54.6 Å². The van der Waals surface area contributed by atoms with Crippen LogP contribution in [0.1, 0.15) is 30.4 Å². The van der Waals surface area contributed by atoms with E-state index in [0.29, 0.717) is 0 Å². The summed E-state index contributed by atoms with van der Waals surface area (Å²) in [5.41, 5.74) is 4.15. The van der Waals surface area contributed by atoms with Crippen molar-refractivity contribution in [2.75, 3.05) is 31.6 Å². The van der Waals surface area contributed by atoms with Gasteiger partial charge in [-0.15, -0.1) is 0 Å². The zero-order valence-corrected chi connectivity index (χ0v) is 14.2. The number of hydrogen-bond acceptors (Lipinski definition) is 2. The lowest BCUT2D eigenvalue weighted by Crippen LogP contribution is -2.29. The van der Waals surface area contributed by atoms with Crippen molar-refractivity contribution in [3.05, 3.63) is 65.7 Å². The van der Waals surface area contributed by atoms with E-state index < -0.39 is 0 Å². The van der Waals surface area contributed by atoms with Gasteiger partial charge in [-0.05, 0) is 55.6 Å². The van der Waals surface area contributed by atoms with Gasteiger partial charge in [-0.3, -0.25) is 4.90 Å². The highest BCUT2D eigenvalue weighted by Crippen LogP contribution is 2.17. The standard InChI is InChI=1S/C21H28N2/c1-22(17-14-19-8-4-2-5-9-19)21-12-10-20(11-13-21)18-23-15-6-3-7-16-23/h2,4-5,8-13H,3,6-7,14-18H2,1H3. The summed E-state index contributed by atoms with van der Waals surface area (Å²) in [7, 11) is 2.18. The molecule has 2 nitrogen and oxygen atoms in total. The second-order valence-electron chi connectivity index (χ2n) is 6.66. The largest absolute Gasteiger partial charge is 0.374 e. The van der Waals surface area contributed by atoms with Crippen LogP contribution in [0.5, 0.6) is 0 Å². The normalized spacial score (nSPS) is 15.5. The highest BCUT2D eigenvalue weighted by Gasteiger charge is 2.10. The average Bonchev–Trinajstić information content (AvgIpc) is 2.62. The van der Waals surface area contributed by atoms with Crippen molar-refractivity contribution in [1.82, 2.24) is 4.90 Å². The fourth-order valence-corrected chi connectivity index (χ4v) is 3.30. The van der Waals surface area contributed by atoms with E-state index in [1.54, 1.807) is 0 Å². The lowest BCUT2D eigenvalue weighted by molar-refractivity contribution is 0.221. The monoisotopic (exact) mass is 308 g/mol. The van der Waals surface area contributed by atoms with E-state index in [9.17, 15) is 0 Å². The lowest BCUT2D eigenvalue weighted by Gasteiger charge is -2.26. The van der Waals surface area contributed by atoms with Crippen molar-refractivity contribution in [3.8, 4) is 0 Å². The molecular formula is C21H28N2. The Labute approximate surface area is 140 Å². The maximum Gasteiger partial charge on any atom is 0.0363 e. The highest BCUT2D eigenvalue weighted by atomic mass is 15.1. The molecule has 122 valence electrons. The maximum absolute atomic E-state index is 2.58. The van der Waals surface area contributed by atoms with Crippen molar-refractivity contribution in [3.63, 3.8) is 0 Å². The Bertz CT molecular complexity index is 571. The second kappa shape index (κ2) is 8.16. The van der Waals surface area contributed by atoms with E-state index in [4.69, 9.17) is 0 Å². The van der Waals surface area contributed by atoms with Gasteiger partial charge in [-0.1, -0.05) is 48.9 Å². The molecule has 0 N–H and O–H groups in total. The third-order valence-electron chi connectivity index (χ3n) is 4.81. The number of hydrogen-bond donors (Lipinski definition) is 0. The summed E-state index contributed by atoms with van der Waals surface area (Å²) < 4.78 is 0. The first-order chi connectivity index (χ1) is 11.3. The van der Waals surface area contributed by atoms with Crippen molar-refractivity contribution in [2.24, 2.45) is 0 Å². The van der Waals surface area contributed by atoms with Crippen LogP contribution in [0.4, 0.5) is 5.69 Å². The molecule has 0 amide bonds. The smallest absolute Gasteiger partial charge is 0.0363 e. The van der Waals surface area contributed by atoms with E-state index >= 15 is 0 Å². The minimum absolute atomic E-state index is 1.05. The van der Waals surface area contributed by atoms with Gasteiger partial charge < -0.3 is 4.90 Å². The molecule has 0 spiro atoms. The Morgan fingerprint density at radius 2 is 1.52 bits per heavy atom. The SMILES string of the molecule is CN(CCc1ccccc1)c1ccc(CN2CCCCC2)cc1. The topological polar surface area (TPSA) is 6.48 Å². The molecule has 2 aromatic rings. The molecule has 1 heterocycles. The predicted molar refractivity (Wildman–Crippen MR) is 99.0 cm³/mol. The van der Waals surface area contributed by atoms with E-state index in [2.05, 4.69) is 71.4 Å². The Morgan fingerprint density at radius 1 is 0.826 bits per heavy atom. The highest BCUT2D eigenvalue weighted by molar-refractivity contribution is 5.47. The third-order valence-corrected chi connectivity index (χ3v) is 4.81. The molecule has 0 aliphatic carbocycles. The van der Waals surface area contributed by atoms with E-state index in [0.717, 1.165) is 19.5 Å². The predicted octanol–water partition coefficient (Wildman–Crippen LogP) is 4.35. The van der Waals surface area contributed by atoms with Crippen LogP contribution in [-0.4, -0.2) is 31.6 Å². The molecule has 0 unspecified atom stereocenters. The molecule has 2 heteroatoms. The molecule has 2 aromatic carbocycles. The lowest BCUT2D eigenvalue weighted by atomic mass is 10.1. The van der Waals surface area contributed by atoms with Gasteiger partial charge in [0.2, 0.25) is 0 Å². The van der Waals surface area contributed by atoms with Gasteiger partial charge in [0.1, 0.15) is 0 Å². The van der Waals surface area contributed by atoms with Gasteiger partial charge in [-0.25, -0.2) is 0 Å². The molecule has 0 saturated carbocycles. The van der Waals surface area contributed by atoms with Gasteiger partial charge >= 0.3 is 0 Å². The molecule has 1 fully saturated rings. The Morgan fingerprint density at radius 3 is 2.22 bits per heavy atom. The molecular weight excluding hydrogens is 280 g/mol. The molecule has 1 aliphatic heterocycles. The fraction of sp³-hybridized carbons (Fsp3) is 0.429. The molecule has 0 radical (unpaired) electrons. The van der Waals surface area contributed by atoms with E-state index in [-0.39, 0.29) is 0 Å². The van der Waals surface area contributed by atoms with Crippen LogP contribution in [0.2, 0.25) is 0 Å². The zero-order chi connectivity index (χ0) is 15.9. The summed E-state index contributed by atoms with van der Waals surface area (Å²) in [6, 6.07) is 19.8. The second-order valence-corrected chi connectivity index (χ2v) is 6.66. The van der Waals surface area contributed by atoms with E-state index in [1.165, 1.54) is 49.2 Å². The minimum Gasteiger partial charge on any atom is -0.374 e. The number of piperidine rings is 1. The number of benzene rings is 2. The quantitative estimate of drug-likeness (QED) is 0.783. The summed E-state index contributed by atoms with van der Waals surface area (Å²) in [6.45, 7) is 4.68. The number of rotatable bonds is 6. The average molecular weight is 308 g/mol. The van der Waals surface area contributed by atoms with Crippen LogP contribution in [0, 0.1) is 0 Å². The summed E-state index contributed by atoms with van der Waals surface area (Å²) >= 11 is 0. The first-order valence-corrected chi connectivity index (χ1v) is 8.87. The van der Waals surface area contributed by atoms with Crippen molar-refractivity contribution in [2.45, 2.75) is 32.2 Å². The van der Waals surface area contributed by atoms with Crippen molar-refractivity contribution < 1.29 is 0 Å². The number of likely N-dealkylation sites (tertiary alicyclic amines) is 1. The zero-order valence-electron chi connectivity index (χ0n) is 14.2. The van der Waals surface area contributed by atoms with Gasteiger partial charge in [0.05, 0.1) is 0 Å². The first kappa shape index (κ1) is 16.1. The molecule has 23 heavy (non-hydrogen) atoms. The minimum atomic E-state index is 1.05. The summed E-state index contributed by atoms with van der Waals surface area (Å²) in [6.07, 6.45) is 5.22. The van der Waals surface area contributed by atoms with Crippen LogP contribution < -0.4 is 4.90 Å². The summed E-state index contributed by atoms with van der Waals surface area (Å²) in [5, 5.41) is 0. The summed E-state index contributed by atoms with van der Waals surface area (Å²) in [5.74, 6) is 0. The number of likely N-dealkylation sites (N-methyl/N-ethyl adjacent to an activating group) is 1. The first-order valence-electron chi connectivity index (χ1n) is 8.87. The molecule has 1 aliphatic rings. The number of nitrogens with zero attached hydrogens (tertiary/aromatic N) is 2. The van der Waals surface area contributed by atoms with Crippen LogP contribution >= 0.6 is 0 Å². The summed E-state index contributed by atoms with van der Waals surface area (Å²) in [4.78, 5) is 4.93. The van der Waals surface area contributed by atoms with Crippen molar-refractivity contribution >= 4 is 5.69 Å². The van der Waals surface area contributed by atoms with Gasteiger partial charge in [0.25, 0.3) is 0 Å². The van der Waals surface area contributed by atoms with Gasteiger partial charge in [0, 0.05) is 25.8 Å². The van der Waals surface area contributed by atoms with Crippen LogP contribution in [-0.2, 0) is 13.0 Å². The van der Waals surface area contributed by atoms with Crippen LogP contribution in [0.25, 0.3) is 0 Å². The fourth-order valence-electron chi connectivity index (χ4n) is 3.30. The maximum atomic E-state index is 2.58. The van der Waals surface area contributed by atoms with Crippen molar-refractivity contribution in [1.29, 1.82) is 0 Å². The Kier molecular flexibility index (Phi) is 5.71. The third kappa shape index (κ3) is 4.84. The molecule has 3 rings (SSSR count). The van der Waals surface area contributed by atoms with Crippen LogP contribution in [0.3, 0.4) is 0 Å². The van der Waals surface area contributed by atoms with Gasteiger partial charge in [0.15, 0.2) is 0 Å². The van der Waals surface area contributed by atoms with Gasteiger partial charge in [-0.2, -0.15) is 0 Å². The molecule has 0 atom stereocenters. The Balaban J connectivity index is 1.51. The molecule has 1 saturated heterocycles. The molecule has 0 aromatic heterocycles. The van der Waals surface area contributed by atoms with E-state index in [1.807, 2.05) is 0 Å².